The molecule has 1 aromatic carbocycles. The minimum Gasteiger partial charge on any atom is -0.391 e. The summed E-state index contributed by atoms with van der Waals surface area (Å²) in [7, 11) is 0. The molecule has 0 fully saturated rings. The lowest BCUT2D eigenvalue weighted by atomic mass is 10.0. The summed E-state index contributed by atoms with van der Waals surface area (Å²) in [6.45, 7) is 0.299. The van der Waals surface area contributed by atoms with Gasteiger partial charge in [0.2, 0.25) is 0 Å². The Morgan fingerprint density at radius 3 is 2.63 bits per heavy atom. The average Bonchev–Trinajstić information content (AvgIpc) is 2.45. The smallest absolute Gasteiger partial charge is 0.263 e. The highest BCUT2D eigenvalue weighted by molar-refractivity contribution is 5.78. The lowest BCUT2D eigenvalue weighted by Crippen LogP contribution is -1.94. The molecule has 0 heterocycles. The normalized spacial score (nSPS) is 15.8. The first-order valence-electron chi connectivity index (χ1n) is 6.47. The molecule has 2 rings (SSSR count). The van der Waals surface area contributed by atoms with Crippen molar-refractivity contribution in [3.8, 4) is 0 Å². The lowest BCUT2D eigenvalue weighted by Gasteiger charge is -2.07. The topological polar surface area (TPSA) is 21.6 Å². The Bertz CT molecular complexity index is 452. The van der Waals surface area contributed by atoms with Crippen LogP contribution in [0.1, 0.15) is 43.2 Å². The van der Waals surface area contributed by atoms with Gasteiger partial charge >= 0.3 is 0 Å². The summed E-state index contributed by atoms with van der Waals surface area (Å²) in [5, 5.41) is 3.91. The van der Waals surface area contributed by atoms with E-state index in [4.69, 9.17) is 4.84 Å². The molecule has 0 saturated heterocycles. The zero-order valence-corrected chi connectivity index (χ0v) is 10.7. The number of benzene rings is 1. The van der Waals surface area contributed by atoms with Gasteiger partial charge in [-0.2, -0.15) is 0 Å². The molecule has 0 spiro atoms. The van der Waals surface area contributed by atoms with Gasteiger partial charge in [-0.1, -0.05) is 35.5 Å². The maximum absolute atomic E-state index is 12.4. The van der Waals surface area contributed by atoms with Crippen LogP contribution in [0.2, 0.25) is 0 Å². The number of nitrogens with zero attached hydrogens (tertiary/aromatic N) is 1. The van der Waals surface area contributed by atoms with Crippen LogP contribution in [0.5, 0.6) is 0 Å². The van der Waals surface area contributed by atoms with Crippen molar-refractivity contribution < 1.29 is 13.6 Å². The molecular weight excluding hydrogens is 248 g/mol. The Labute approximate surface area is 111 Å². The van der Waals surface area contributed by atoms with Crippen LogP contribution < -0.4 is 0 Å². The van der Waals surface area contributed by atoms with E-state index in [0.29, 0.717) is 6.61 Å². The van der Waals surface area contributed by atoms with Crippen LogP contribution >= 0.6 is 0 Å². The zero-order valence-electron chi connectivity index (χ0n) is 10.7. The molecule has 0 bridgehead atoms. The van der Waals surface area contributed by atoms with Crippen molar-refractivity contribution in [3.05, 3.63) is 47.0 Å². The van der Waals surface area contributed by atoms with Gasteiger partial charge < -0.3 is 4.84 Å². The first kappa shape index (κ1) is 13.7. The third kappa shape index (κ3) is 4.47. The quantitative estimate of drug-likeness (QED) is 0.562. The molecule has 4 heteroatoms. The monoisotopic (exact) mass is 265 g/mol. The van der Waals surface area contributed by atoms with E-state index >= 15 is 0 Å². The van der Waals surface area contributed by atoms with E-state index in [1.165, 1.54) is 30.5 Å². The Morgan fingerprint density at radius 1 is 1.21 bits per heavy atom. The molecule has 0 saturated carbocycles. The maximum atomic E-state index is 12.4. The minimum atomic E-state index is -2.42. The first-order valence-corrected chi connectivity index (χ1v) is 6.47. The van der Waals surface area contributed by atoms with Crippen molar-refractivity contribution in [3.63, 3.8) is 0 Å². The summed E-state index contributed by atoms with van der Waals surface area (Å²) in [5.74, 6) is 0. The highest BCUT2D eigenvalue weighted by Crippen LogP contribution is 2.19. The van der Waals surface area contributed by atoms with Crippen LogP contribution in [-0.2, 0) is 11.4 Å². The highest BCUT2D eigenvalue weighted by Gasteiger charge is 2.05. The van der Waals surface area contributed by atoms with Gasteiger partial charge in [-0.25, -0.2) is 8.78 Å². The summed E-state index contributed by atoms with van der Waals surface area (Å²) < 4.78 is 24.7. The minimum absolute atomic E-state index is 0.0274. The Morgan fingerprint density at radius 2 is 2.00 bits per heavy atom. The predicted molar refractivity (Wildman–Crippen MR) is 71.2 cm³/mol. The molecule has 19 heavy (non-hydrogen) atoms. The molecule has 0 aliphatic heterocycles. The fourth-order valence-corrected chi connectivity index (χ4v) is 1.96. The molecule has 0 unspecified atom stereocenters. The number of hydrogen-bond donors (Lipinski definition) is 0. The van der Waals surface area contributed by atoms with Crippen molar-refractivity contribution in [1.82, 2.24) is 0 Å². The van der Waals surface area contributed by atoms with Gasteiger partial charge in [-0.05, 0) is 36.8 Å². The third-order valence-corrected chi connectivity index (χ3v) is 3.08. The van der Waals surface area contributed by atoms with Gasteiger partial charge in [0, 0.05) is 5.56 Å². The fourth-order valence-electron chi connectivity index (χ4n) is 1.96. The summed E-state index contributed by atoms with van der Waals surface area (Å²) in [5.41, 5.74) is 2.07. The van der Waals surface area contributed by atoms with Crippen LogP contribution in [0.4, 0.5) is 8.78 Å². The Kier molecular flexibility index (Phi) is 5.07. The second kappa shape index (κ2) is 7.02. The summed E-state index contributed by atoms with van der Waals surface area (Å²) in [4.78, 5) is 5.16. The summed E-state index contributed by atoms with van der Waals surface area (Å²) in [6.07, 6.45) is 6.10. The van der Waals surface area contributed by atoms with Crippen LogP contribution in [-0.4, -0.2) is 6.21 Å². The average molecular weight is 265 g/mol. The van der Waals surface area contributed by atoms with Crippen molar-refractivity contribution >= 4 is 6.21 Å². The second-order valence-corrected chi connectivity index (χ2v) is 4.58. The van der Waals surface area contributed by atoms with Gasteiger partial charge in [-0.3, -0.25) is 0 Å². The van der Waals surface area contributed by atoms with Crippen molar-refractivity contribution in [1.29, 1.82) is 0 Å². The van der Waals surface area contributed by atoms with Gasteiger partial charge in [0.05, 0.1) is 6.21 Å². The first-order chi connectivity index (χ1) is 9.25. The van der Waals surface area contributed by atoms with E-state index in [1.807, 2.05) is 0 Å². The van der Waals surface area contributed by atoms with Gasteiger partial charge in [0.15, 0.2) is 0 Å². The number of hydrogen-bond acceptors (Lipinski definition) is 2. The number of halogens is 2. The van der Waals surface area contributed by atoms with Crippen molar-refractivity contribution in [2.75, 3.05) is 0 Å². The molecule has 0 aromatic heterocycles. The van der Waals surface area contributed by atoms with E-state index in [1.54, 1.807) is 18.3 Å². The molecule has 0 radical (unpaired) electrons. The standard InChI is InChI=1S/C15H17F2NO/c16-15(17)14-8-6-13(7-9-14)11-19-18-10-12-4-2-1-3-5-12/h4,6-10,15H,1-3,5,11H2. The van der Waals surface area contributed by atoms with Gasteiger partial charge in [0.25, 0.3) is 6.43 Å². The van der Waals surface area contributed by atoms with Gasteiger partial charge in [-0.15, -0.1) is 0 Å². The van der Waals surface area contributed by atoms with E-state index in [9.17, 15) is 8.78 Å². The molecule has 1 aromatic rings. The second-order valence-electron chi connectivity index (χ2n) is 4.58. The third-order valence-electron chi connectivity index (χ3n) is 3.08. The van der Waals surface area contributed by atoms with Crippen LogP contribution in [0.3, 0.4) is 0 Å². The van der Waals surface area contributed by atoms with E-state index in [0.717, 1.165) is 18.4 Å². The largest absolute Gasteiger partial charge is 0.391 e. The molecule has 2 nitrogen and oxygen atoms in total. The summed E-state index contributed by atoms with van der Waals surface area (Å²) >= 11 is 0. The SMILES string of the molecule is FC(F)c1ccc(CON=CC2=CCCCC2)cc1. The number of rotatable bonds is 5. The number of oxime groups is 1. The molecule has 1 aliphatic rings. The van der Waals surface area contributed by atoms with E-state index in [-0.39, 0.29) is 5.56 Å². The molecular formula is C15H17F2NO. The van der Waals surface area contributed by atoms with Crippen LogP contribution in [0.15, 0.2) is 41.1 Å². The highest BCUT2D eigenvalue weighted by atomic mass is 19.3. The predicted octanol–water partition coefficient (Wildman–Crippen LogP) is 4.63. The van der Waals surface area contributed by atoms with Crippen molar-refractivity contribution in [2.24, 2.45) is 5.16 Å². The maximum Gasteiger partial charge on any atom is 0.263 e. The molecule has 0 amide bonds. The number of alkyl halides is 2. The van der Waals surface area contributed by atoms with Gasteiger partial charge in [0.1, 0.15) is 6.61 Å². The Hall–Kier alpha value is -1.71. The van der Waals surface area contributed by atoms with E-state index in [2.05, 4.69) is 11.2 Å². The van der Waals surface area contributed by atoms with E-state index < -0.39 is 6.43 Å². The summed E-state index contributed by atoms with van der Waals surface area (Å²) in [6, 6.07) is 6.10. The van der Waals surface area contributed by atoms with Crippen LogP contribution in [0.25, 0.3) is 0 Å². The van der Waals surface area contributed by atoms with Crippen LogP contribution in [0, 0.1) is 0 Å². The fraction of sp³-hybridized carbons (Fsp3) is 0.400. The molecule has 1 aliphatic carbocycles. The number of allylic oxidation sites excluding steroid dienone is 2. The molecule has 102 valence electrons. The zero-order chi connectivity index (χ0) is 13.5. The molecule has 0 atom stereocenters. The lowest BCUT2D eigenvalue weighted by molar-refractivity contribution is 0.131. The molecule has 0 N–H and O–H groups in total. The Balaban J connectivity index is 1.79. The van der Waals surface area contributed by atoms with Crippen molar-refractivity contribution in [2.45, 2.75) is 38.7 Å².